The first kappa shape index (κ1) is 15.7. The molecule has 3 fully saturated rings. The van der Waals surface area contributed by atoms with E-state index in [-0.39, 0.29) is 0 Å². The molecule has 0 spiro atoms. The molecule has 0 bridgehead atoms. The average Bonchev–Trinajstić information content (AvgIpc) is 3.34. The van der Waals surface area contributed by atoms with Gasteiger partial charge in [0, 0.05) is 58.5 Å². The highest BCUT2D eigenvalue weighted by Gasteiger charge is 2.36. The van der Waals surface area contributed by atoms with E-state index in [1.807, 2.05) is 0 Å². The predicted octanol–water partition coefficient (Wildman–Crippen LogP) is 1.56. The van der Waals surface area contributed by atoms with Crippen molar-refractivity contribution in [2.75, 3.05) is 59.0 Å². The van der Waals surface area contributed by atoms with Gasteiger partial charge in [-0.2, -0.15) is 0 Å². The summed E-state index contributed by atoms with van der Waals surface area (Å²) < 4.78 is 5.62. The zero-order valence-electron chi connectivity index (χ0n) is 13.8. The molecule has 4 heteroatoms. The van der Waals surface area contributed by atoms with Crippen molar-refractivity contribution in [3.8, 4) is 0 Å². The van der Waals surface area contributed by atoms with Crippen LogP contribution >= 0.6 is 0 Å². The minimum atomic E-state index is 0.454. The van der Waals surface area contributed by atoms with Crippen LogP contribution in [0.1, 0.15) is 39.0 Å². The average molecular weight is 295 g/mol. The summed E-state index contributed by atoms with van der Waals surface area (Å²) >= 11 is 0. The molecule has 0 radical (unpaired) electrons. The standard InChI is InChI=1S/C17H33N3O/c1-2-7-18-14-17(5-12-21-13-6-17)15-19-8-10-20(11-9-19)16-3-4-16/h16,18H,2-15H2,1H3. The van der Waals surface area contributed by atoms with E-state index in [9.17, 15) is 0 Å². The molecule has 2 aliphatic heterocycles. The number of hydrogen-bond acceptors (Lipinski definition) is 4. The lowest BCUT2D eigenvalue weighted by atomic mass is 9.79. The van der Waals surface area contributed by atoms with Crippen LogP contribution in [0.2, 0.25) is 0 Å². The highest BCUT2D eigenvalue weighted by atomic mass is 16.5. The summed E-state index contributed by atoms with van der Waals surface area (Å²) in [6.45, 7) is 12.9. The first-order valence-electron chi connectivity index (χ1n) is 9.06. The molecular weight excluding hydrogens is 262 g/mol. The van der Waals surface area contributed by atoms with Gasteiger partial charge < -0.3 is 15.0 Å². The predicted molar refractivity (Wildman–Crippen MR) is 86.7 cm³/mol. The maximum absolute atomic E-state index is 5.62. The number of rotatable bonds is 7. The summed E-state index contributed by atoms with van der Waals surface area (Å²) in [6, 6.07) is 0.940. The second kappa shape index (κ2) is 7.40. The Hall–Kier alpha value is -0.160. The Bertz CT molecular complexity index is 305. The Labute approximate surface area is 130 Å². The molecule has 3 rings (SSSR count). The van der Waals surface area contributed by atoms with Crippen LogP contribution in [0.4, 0.5) is 0 Å². The fraction of sp³-hybridized carbons (Fsp3) is 1.00. The van der Waals surface area contributed by atoms with Crippen molar-refractivity contribution < 1.29 is 4.74 Å². The van der Waals surface area contributed by atoms with Crippen LogP contribution in [0.3, 0.4) is 0 Å². The molecule has 2 heterocycles. The zero-order chi connectivity index (χ0) is 14.5. The van der Waals surface area contributed by atoms with E-state index in [4.69, 9.17) is 4.74 Å². The van der Waals surface area contributed by atoms with Crippen LogP contribution in [0.15, 0.2) is 0 Å². The van der Waals surface area contributed by atoms with Gasteiger partial charge in [-0.1, -0.05) is 6.92 Å². The lowest BCUT2D eigenvalue weighted by Gasteiger charge is -2.44. The summed E-state index contributed by atoms with van der Waals surface area (Å²) in [7, 11) is 0. The Morgan fingerprint density at radius 1 is 1.10 bits per heavy atom. The van der Waals surface area contributed by atoms with E-state index in [1.165, 1.54) is 71.4 Å². The second-order valence-corrected chi connectivity index (χ2v) is 7.33. The van der Waals surface area contributed by atoms with Gasteiger partial charge in [0.2, 0.25) is 0 Å². The van der Waals surface area contributed by atoms with E-state index in [2.05, 4.69) is 22.0 Å². The maximum atomic E-state index is 5.62. The van der Waals surface area contributed by atoms with Gasteiger partial charge in [0.15, 0.2) is 0 Å². The van der Waals surface area contributed by atoms with Gasteiger partial charge >= 0.3 is 0 Å². The van der Waals surface area contributed by atoms with Gasteiger partial charge in [0.05, 0.1) is 0 Å². The number of nitrogens with zero attached hydrogens (tertiary/aromatic N) is 2. The van der Waals surface area contributed by atoms with Crippen LogP contribution in [-0.2, 0) is 4.74 Å². The molecule has 0 amide bonds. The molecule has 2 saturated heterocycles. The van der Waals surface area contributed by atoms with Gasteiger partial charge in [-0.05, 0) is 44.1 Å². The van der Waals surface area contributed by atoms with E-state index in [0.717, 1.165) is 25.8 Å². The Morgan fingerprint density at radius 2 is 1.81 bits per heavy atom. The number of hydrogen-bond donors (Lipinski definition) is 1. The van der Waals surface area contributed by atoms with Crippen LogP contribution in [-0.4, -0.2) is 74.9 Å². The van der Waals surface area contributed by atoms with E-state index >= 15 is 0 Å². The largest absolute Gasteiger partial charge is 0.381 e. The summed E-state index contributed by atoms with van der Waals surface area (Å²) in [6.07, 6.45) is 6.58. The van der Waals surface area contributed by atoms with E-state index < -0.39 is 0 Å². The molecule has 0 unspecified atom stereocenters. The Kier molecular flexibility index (Phi) is 5.54. The molecule has 122 valence electrons. The van der Waals surface area contributed by atoms with Crippen molar-refractivity contribution in [3.05, 3.63) is 0 Å². The third-order valence-electron chi connectivity index (χ3n) is 5.51. The molecular formula is C17H33N3O. The maximum Gasteiger partial charge on any atom is 0.0472 e. The molecule has 1 aliphatic carbocycles. The van der Waals surface area contributed by atoms with E-state index in [0.29, 0.717) is 5.41 Å². The van der Waals surface area contributed by atoms with Crippen molar-refractivity contribution >= 4 is 0 Å². The van der Waals surface area contributed by atoms with Gasteiger partial charge in [-0.15, -0.1) is 0 Å². The monoisotopic (exact) mass is 295 g/mol. The molecule has 0 aromatic rings. The smallest absolute Gasteiger partial charge is 0.0472 e. The highest BCUT2D eigenvalue weighted by Crippen LogP contribution is 2.32. The molecule has 1 N–H and O–H groups in total. The number of piperazine rings is 1. The Balaban J connectivity index is 1.48. The van der Waals surface area contributed by atoms with Crippen molar-refractivity contribution in [1.82, 2.24) is 15.1 Å². The van der Waals surface area contributed by atoms with E-state index in [1.54, 1.807) is 0 Å². The molecule has 0 aromatic carbocycles. The lowest BCUT2D eigenvalue weighted by Crippen LogP contribution is -2.53. The van der Waals surface area contributed by atoms with Crippen LogP contribution in [0.25, 0.3) is 0 Å². The summed E-state index contributed by atoms with van der Waals surface area (Å²) in [5.41, 5.74) is 0.454. The minimum absolute atomic E-state index is 0.454. The lowest BCUT2D eigenvalue weighted by molar-refractivity contribution is -0.0127. The summed E-state index contributed by atoms with van der Waals surface area (Å²) in [4.78, 5) is 5.43. The van der Waals surface area contributed by atoms with Crippen LogP contribution in [0, 0.1) is 5.41 Å². The molecule has 0 aromatic heterocycles. The fourth-order valence-electron chi connectivity index (χ4n) is 3.93. The molecule has 21 heavy (non-hydrogen) atoms. The molecule has 0 atom stereocenters. The third kappa shape index (κ3) is 4.41. The van der Waals surface area contributed by atoms with Crippen molar-refractivity contribution in [2.45, 2.75) is 45.1 Å². The molecule has 4 nitrogen and oxygen atoms in total. The quantitative estimate of drug-likeness (QED) is 0.722. The first-order chi connectivity index (χ1) is 10.3. The van der Waals surface area contributed by atoms with Crippen molar-refractivity contribution in [2.24, 2.45) is 5.41 Å². The second-order valence-electron chi connectivity index (χ2n) is 7.33. The van der Waals surface area contributed by atoms with Gasteiger partial charge in [-0.25, -0.2) is 0 Å². The third-order valence-corrected chi connectivity index (χ3v) is 5.51. The van der Waals surface area contributed by atoms with Crippen LogP contribution < -0.4 is 5.32 Å². The summed E-state index contributed by atoms with van der Waals surface area (Å²) in [5.74, 6) is 0. The van der Waals surface area contributed by atoms with Gasteiger partial charge in [0.1, 0.15) is 0 Å². The van der Waals surface area contributed by atoms with Crippen LogP contribution in [0.5, 0.6) is 0 Å². The highest BCUT2D eigenvalue weighted by molar-refractivity contribution is 4.91. The fourth-order valence-corrected chi connectivity index (χ4v) is 3.93. The topological polar surface area (TPSA) is 27.7 Å². The first-order valence-corrected chi connectivity index (χ1v) is 9.06. The number of nitrogens with one attached hydrogen (secondary N) is 1. The zero-order valence-corrected chi connectivity index (χ0v) is 13.8. The molecule has 1 saturated carbocycles. The van der Waals surface area contributed by atoms with Gasteiger partial charge in [0.25, 0.3) is 0 Å². The summed E-state index contributed by atoms with van der Waals surface area (Å²) in [5, 5.41) is 3.68. The SMILES string of the molecule is CCCNCC1(CN2CCN(C3CC3)CC2)CCOCC1. The Morgan fingerprint density at radius 3 is 2.43 bits per heavy atom. The van der Waals surface area contributed by atoms with Gasteiger partial charge in [-0.3, -0.25) is 4.90 Å². The number of ether oxygens (including phenoxy) is 1. The normalized spacial score (nSPS) is 27.9. The minimum Gasteiger partial charge on any atom is -0.381 e. The molecule has 3 aliphatic rings. The van der Waals surface area contributed by atoms with Crippen molar-refractivity contribution in [3.63, 3.8) is 0 Å². The van der Waals surface area contributed by atoms with Crippen molar-refractivity contribution in [1.29, 1.82) is 0 Å².